The maximum Gasteiger partial charge on any atom is 0.408 e. The molecule has 1 N–H and O–H groups in total. The van der Waals surface area contributed by atoms with Crippen molar-refractivity contribution in [1.29, 1.82) is 0 Å². The number of halogens is 3. The predicted octanol–water partition coefficient (Wildman–Crippen LogP) is 1.16. The van der Waals surface area contributed by atoms with E-state index in [1.807, 2.05) is 0 Å². The number of aliphatic carboxylic acids is 1. The van der Waals surface area contributed by atoms with Gasteiger partial charge in [-0.3, -0.25) is 14.3 Å². The molecular formula is C14H20F3N3O4. The molecule has 0 bridgehead atoms. The van der Waals surface area contributed by atoms with E-state index >= 15 is 0 Å². The molecule has 1 aromatic heterocycles. The minimum absolute atomic E-state index is 0.0798. The summed E-state index contributed by atoms with van der Waals surface area (Å²) in [5, 5.41) is 12.7. The zero-order valence-corrected chi connectivity index (χ0v) is 13.7. The fraction of sp³-hybridized carbons (Fsp3) is 0.643. The largest absolute Gasteiger partial charge is 0.480 e. The molecule has 0 aliphatic heterocycles. The molecule has 1 rings (SSSR count). The summed E-state index contributed by atoms with van der Waals surface area (Å²) in [6.07, 6.45) is -4.63. The molecule has 0 aromatic carbocycles. The van der Waals surface area contributed by atoms with Gasteiger partial charge in [-0.25, -0.2) is 0 Å². The molecule has 0 unspecified atom stereocenters. The van der Waals surface area contributed by atoms with Crippen LogP contribution in [0.3, 0.4) is 0 Å². The number of carboxylic acid groups (broad SMARTS) is 1. The SMILES string of the molecule is COCCN(CC(=O)O)C(=O)Cc1c(C)nn(CC(F)(F)F)c1C. The number of methoxy groups -OCH3 is 1. The second-order valence-corrected chi connectivity index (χ2v) is 5.30. The average Bonchev–Trinajstić information content (AvgIpc) is 2.68. The van der Waals surface area contributed by atoms with Crippen LogP contribution in [0.1, 0.15) is 17.0 Å². The van der Waals surface area contributed by atoms with Crippen molar-refractivity contribution in [2.45, 2.75) is 33.0 Å². The molecule has 0 fully saturated rings. The number of aromatic nitrogens is 2. The molecule has 0 spiro atoms. The average molecular weight is 351 g/mol. The van der Waals surface area contributed by atoms with Crippen LogP contribution in [0, 0.1) is 13.8 Å². The van der Waals surface area contributed by atoms with Crippen molar-refractivity contribution < 1.29 is 32.6 Å². The number of rotatable bonds is 8. The molecule has 136 valence electrons. The number of aryl methyl sites for hydroxylation is 1. The van der Waals surface area contributed by atoms with Crippen LogP contribution in [-0.4, -0.2) is 64.6 Å². The van der Waals surface area contributed by atoms with E-state index in [1.54, 1.807) is 0 Å². The van der Waals surface area contributed by atoms with Gasteiger partial charge in [0.1, 0.15) is 13.1 Å². The minimum Gasteiger partial charge on any atom is -0.480 e. The molecule has 1 aromatic rings. The van der Waals surface area contributed by atoms with Crippen LogP contribution in [0.2, 0.25) is 0 Å². The van der Waals surface area contributed by atoms with Crippen LogP contribution in [0.4, 0.5) is 13.2 Å². The molecule has 1 heterocycles. The number of carboxylic acids is 1. The van der Waals surface area contributed by atoms with E-state index in [0.29, 0.717) is 11.3 Å². The van der Waals surface area contributed by atoms with Gasteiger partial charge in [0, 0.05) is 24.9 Å². The van der Waals surface area contributed by atoms with E-state index in [-0.39, 0.29) is 25.3 Å². The summed E-state index contributed by atoms with van der Waals surface area (Å²) in [5.74, 6) is -1.69. The van der Waals surface area contributed by atoms with Crippen LogP contribution in [0.15, 0.2) is 0 Å². The maximum atomic E-state index is 12.5. The zero-order chi connectivity index (χ0) is 18.5. The van der Waals surface area contributed by atoms with Crippen LogP contribution in [0.25, 0.3) is 0 Å². The first-order valence-corrected chi connectivity index (χ1v) is 7.13. The lowest BCUT2D eigenvalue weighted by atomic mass is 10.1. The van der Waals surface area contributed by atoms with Crippen molar-refractivity contribution in [2.24, 2.45) is 0 Å². The molecule has 0 atom stereocenters. The standard InChI is InChI=1S/C14H20F3N3O4/c1-9-11(10(2)20(18-9)8-14(15,16)17)6-12(21)19(4-5-24-3)7-13(22)23/h4-8H2,1-3H3,(H,22,23). The van der Waals surface area contributed by atoms with Gasteiger partial charge < -0.3 is 14.7 Å². The first kappa shape index (κ1) is 19.9. The number of nitrogens with zero attached hydrogens (tertiary/aromatic N) is 3. The third-order valence-electron chi connectivity index (χ3n) is 3.43. The van der Waals surface area contributed by atoms with E-state index in [1.165, 1.54) is 21.0 Å². The predicted molar refractivity (Wildman–Crippen MR) is 77.6 cm³/mol. The van der Waals surface area contributed by atoms with Gasteiger partial charge in [-0.05, 0) is 13.8 Å². The van der Waals surface area contributed by atoms with Gasteiger partial charge in [0.15, 0.2) is 0 Å². The lowest BCUT2D eigenvalue weighted by Gasteiger charge is -2.20. The summed E-state index contributed by atoms with van der Waals surface area (Å²) in [6.45, 7) is 1.46. The molecule has 0 radical (unpaired) electrons. The Kier molecular flexibility index (Phi) is 6.76. The molecule has 1 amide bonds. The van der Waals surface area contributed by atoms with Gasteiger partial charge in [-0.15, -0.1) is 0 Å². The number of amides is 1. The molecule has 24 heavy (non-hydrogen) atoms. The van der Waals surface area contributed by atoms with Gasteiger partial charge in [-0.2, -0.15) is 18.3 Å². The van der Waals surface area contributed by atoms with E-state index in [9.17, 15) is 22.8 Å². The molecule has 0 aliphatic carbocycles. The lowest BCUT2D eigenvalue weighted by molar-refractivity contribution is -0.144. The number of alkyl halides is 3. The lowest BCUT2D eigenvalue weighted by Crippen LogP contribution is -2.39. The number of hydrogen-bond acceptors (Lipinski definition) is 4. The zero-order valence-electron chi connectivity index (χ0n) is 13.7. The highest BCUT2D eigenvalue weighted by Crippen LogP contribution is 2.21. The van der Waals surface area contributed by atoms with E-state index in [4.69, 9.17) is 9.84 Å². The Morgan fingerprint density at radius 1 is 1.33 bits per heavy atom. The number of ether oxygens (including phenoxy) is 1. The van der Waals surface area contributed by atoms with Crippen molar-refractivity contribution in [2.75, 3.05) is 26.8 Å². The summed E-state index contributed by atoms with van der Waals surface area (Å²) in [5.41, 5.74) is 0.921. The molecule has 0 saturated heterocycles. The van der Waals surface area contributed by atoms with Crippen molar-refractivity contribution in [3.05, 3.63) is 17.0 Å². The molecule has 0 aliphatic rings. The first-order valence-electron chi connectivity index (χ1n) is 7.13. The van der Waals surface area contributed by atoms with E-state index in [2.05, 4.69) is 5.10 Å². The second kappa shape index (κ2) is 8.13. The number of carbonyl (C=O) groups is 2. The van der Waals surface area contributed by atoms with Crippen LogP contribution in [-0.2, 0) is 27.3 Å². The van der Waals surface area contributed by atoms with Crippen LogP contribution < -0.4 is 0 Å². The highest BCUT2D eigenvalue weighted by Gasteiger charge is 2.30. The Morgan fingerprint density at radius 2 is 1.96 bits per heavy atom. The summed E-state index contributed by atoms with van der Waals surface area (Å²) in [6, 6.07) is 0. The van der Waals surface area contributed by atoms with Gasteiger partial charge in [-0.1, -0.05) is 0 Å². The van der Waals surface area contributed by atoms with Gasteiger partial charge in [0.25, 0.3) is 0 Å². The Morgan fingerprint density at radius 3 is 2.46 bits per heavy atom. The van der Waals surface area contributed by atoms with Crippen molar-refractivity contribution in [3.63, 3.8) is 0 Å². The second-order valence-electron chi connectivity index (χ2n) is 5.30. The highest BCUT2D eigenvalue weighted by atomic mass is 19.4. The quantitative estimate of drug-likeness (QED) is 0.760. The summed E-state index contributed by atoms with van der Waals surface area (Å²) in [7, 11) is 1.42. The smallest absolute Gasteiger partial charge is 0.408 e. The Bertz CT molecular complexity index is 599. The number of carbonyl (C=O) groups excluding carboxylic acids is 1. The summed E-state index contributed by atoms with van der Waals surface area (Å²) in [4.78, 5) is 24.2. The third kappa shape index (κ3) is 5.84. The third-order valence-corrected chi connectivity index (χ3v) is 3.43. The van der Waals surface area contributed by atoms with Gasteiger partial charge in [0.2, 0.25) is 5.91 Å². The molecule has 10 heteroatoms. The van der Waals surface area contributed by atoms with Gasteiger partial charge in [0.05, 0.1) is 18.7 Å². The Balaban J connectivity index is 2.93. The molecular weight excluding hydrogens is 331 g/mol. The van der Waals surface area contributed by atoms with E-state index < -0.39 is 31.1 Å². The normalized spacial score (nSPS) is 11.6. The Hall–Kier alpha value is -2.10. The highest BCUT2D eigenvalue weighted by molar-refractivity contribution is 5.83. The number of hydrogen-bond donors (Lipinski definition) is 1. The maximum absolute atomic E-state index is 12.5. The van der Waals surface area contributed by atoms with Crippen molar-refractivity contribution >= 4 is 11.9 Å². The minimum atomic E-state index is -4.42. The van der Waals surface area contributed by atoms with Crippen LogP contribution in [0.5, 0.6) is 0 Å². The summed E-state index contributed by atoms with van der Waals surface area (Å²) < 4.78 is 43.2. The summed E-state index contributed by atoms with van der Waals surface area (Å²) >= 11 is 0. The van der Waals surface area contributed by atoms with Crippen LogP contribution >= 0.6 is 0 Å². The van der Waals surface area contributed by atoms with E-state index in [0.717, 1.165) is 9.58 Å². The fourth-order valence-corrected chi connectivity index (χ4v) is 2.23. The molecule has 0 saturated carbocycles. The van der Waals surface area contributed by atoms with Gasteiger partial charge >= 0.3 is 12.1 Å². The topological polar surface area (TPSA) is 84.7 Å². The fourth-order valence-electron chi connectivity index (χ4n) is 2.23. The monoisotopic (exact) mass is 351 g/mol. The molecule has 7 nitrogen and oxygen atoms in total. The van der Waals surface area contributed by atoms with Crippen molar-refractivity contribution in [3.8, 4) is 0 Å². The first-order chi connectivity index (χ1) is 11.0. The van der Waals surface area contributed by atoms with Crippen molar-refractivity contribution in [1.82, 2.24) is 14.7 Å². The Labute approximate surface area is 137 Å².